The van der Waals surface area contributed by atoms with Crippen LogP contribution >= 0.6 is 0 Å². The molecule has 2 aromatic rings. The van der Waals surface area contributed by atoms with Gasteiger partial charge in [0.15, 0.2) is 0 Å². The molecule has 1 aliphatic rings. The Labute approximate surface area is 185 Å². The van der Waals surface area contributed by atoms with E-state index in [1.165, 1.54) is 38.2 Å². The van der Waals surface area contributed by atoms with Gasteiger partial charge in [-0.15, -0.1) is 0 Å². The molecule has 6 nitrogen and oxygen atoms in total. The van der Waals surface area contributed by atoms with Crippen molar-refractivity contribution in [1.29, 1.82) is 0 Å². The maximum Gasteiger partial charge on any atom is 0.248 e. The number of amides is 1. The monoisotopic (exact) mass is 441 g/mol. The largest absolute Gasteiger partial charge is 0.322 e. The number of para-hydroxylation sites is 1. The molecule has 1 fully saturated rings. The van der Waals surface area contributed by atoms with Gasteiger partial charge in [-0.3, -0.25) is 14.4 Å². The number of carbonyl (C=O) groups excluding carboxylic acids is 1. The van der Waals surface area contributed by atoms with Crippen molar-refractivity contribution in [3.05, 3.63) is 65.7 Å². The summed E-state index contributed by atoms with van der Waals surface area (Å²) in [6, 6.07) is 15.4. The molecule has 3 rings (SSSR count). The van der Waals surface area contributed by atoms with E-state index in [0.29, 0.717) is 11.7 Å². The van der Waals surface area contributed by atoms with Crippen LogP contribution < -0.4 is 10.0 Å². The van der Waals surface area contributed by atoms with Crippen LogP contribution in [-0.4, -0.2) is 38.6 Å². The summed E-state index contributed by atoms with van der Waals surface area (Å²) in [6.07, 6.45) is 10.7. The number of carbonyl (C=O) groups is 1. The molecule has 0 saturated heterocycles. The summed E-state index contributed by atoms with van der Waals surface area (Å²) in [5.74, 6) is -0.203. The van der Waals surface area contributed by atoms with Crippen molar-refractivity contribution in [3.63, 3.8) is 0 Å². The van der Waals surface area contributed by atoms with E-state index < -0.39 is 10.0 Å². The second-order valence-electron chi connectivity index (χ2n) is 8.18. The molecule has 0 bridgehead atoms. The second kappa shape index (κ2) is 10.6. The van der Waals surface area contributed by atoms with Gasteiger partial charge in [-0.25, -0.2) is 8.42 Å². The Kier molecular flexibility index (Phi) is 7.87. The van der Waals surface area contributed by atoms with Crippen LogP contribution in [0, 0.1) is 0 Å². The summed E-state index contributed by atoms with van der Waals surface area (Å²) in [5, 5.41) is 2.99. The predicted octanol–water partition coefficient (Wildman–Crippen LogP) is 4.47. The zero-order valence-electron chi connectivity index (χ0n) is 18.2. The third kappa shape index (κ3) is 7.52. The Morgan fingerprint density at radius 2 is 1.74 bits per heavy atom. The predicted molar refractivity (Wildman–Crippen MR) is 127 cm³/mol. The van der Waals surface area contributed by atoms with Gasteiger partial charge in [0.2, 0.25) is 15.9 Å². The zero-order chi connectivity index (χ0) is 22.3. The first-order valence-corrected chi connectivity index (χ1v) is 12.5. The summed E-state index contributed by atoms with van der Waals surface area (Å²) in [5.41, 5.74) is 3.22. The number of benzene rings is 2. The van der Waals surface area contributed by atoms with Crippen molar-refractivity contribution in [2.24, 2.45) is 0 Å². The third-order valence-electron chi connectivity index (χ3n) is 5.53. The van der Waals surface area contributed by atoms with E-state index in [1.54, 1.807) is 30.3 Å². The number of hydrogen-bond donors (Lipinski definition) is 2. The Bertz CT molecular complexity index is 1010. The van der Waals surface area contributed by atoms with Crippen molar-refractivity contribution in [2.75, 3.05) is 23.3 Å². The minimum Gasteiger partial charge on any atom is -0.322 e. The summed E-state index contributed by atoms with van der Waals surface area (Å²) < 4.78 is 25.0. The first-order chi connectivity index (χ1) is 14.8. The van der Waals surface area contributed by atoms with Gasteiger partial charge < -0.3 is 5.32 Å². The summed E-state index contributed by atoms with van der Waals surface area (Å²) >= 11 is 0. The molecule has 166 valence electrons. The molecule has 2 N–H and O–H groups in total. The smallest absolute Gasteiger partial charge is 0.248 e. The highest BCUT2D eigenvalue weighted by atomic mass is 32.2. The minimum absolute atomic E-state index is 0.203. The zero-order valence-corrected chi connectivity index (χ0v) is 19.0. The first-order valence-electron chi connectivity index (χ1n) is 10.7. The molecule has 31 heavy (non-hydrogen) atoms. The summed E-state index contributed by atoms with van der Waals surface area (Å²) in [6.45, 7) is 0.805. The van der Waals surface area contributed by atoms with Crippen LogP contribution in [0.1, 0.15) is 43.2 Å². The SMILES string of the molecule is CN(Cc1ccccc1NC(=O)/C=C/c1ccc(NS(C)(=O)=O)cc1)C1CCCCC1. The van der Waals surface area contributed by atoms with E-state index in [1.807, 2.05) is 18.2 Å². The molecule has 0 radical (unpaired) electrons. The summed E-state index contributed by atoms with van der Waals surface area (Å²) in [7, 11) is -1.14. The molecule has 0 spiro atoms. The van der Waals surface area contributed by atoms with Crippen molar-refractivity contribution in [1.82, 2.24) is 4.90 Å². The van der Waals surface area contributed by atoms with E-state index in [0.717, 1.165) is 29.6 Å². The fourth-order valence-electron chi connectivity index (χ4n) is 3.92. The van der Waals surface area contributed by atoms with Gasteiger partial charge >= 0.3 is 0 Å². The van der Waals surface area contributed by atoms with Crippen LogP contribution in [0.4, 0.5) is 11.4 Å². The maximum absolute atomic E-state index is 12.5. The van der Waals surface area contributed by atoms with Crippen LogP contribution in [0.3, 0.4) is 0 Å². The van der Waals surface area contributed by atoms with Gasteiger partial charge in [-0.1, -0.05) is 49.6 Å². The molecule has 0 unspecified atom stereocenters. The third-order valence-corrected chi connectivity index (χ3v) is 6.14. The van der Waals surface area contributed by atoms with E-state index >= 15 is 0 Å². The number of rotatable bonds is 8. The van der Waals surface area contributed by atoms with Crippen molar-refractivity contribution in [3.8, 4) is 0 Å². The molecule has 0 aliphatic heterocycles. The van der Waals surface area contributed by atoms with Crippen LogP contribution in [0.5, 0.6) is 0 Å². The summed E-state index contributed by atoms with van der Waals surface area (Å²) in [4.78, 5) is 14.9. The fourth-order valence-corrected chi connectivity index (χ4v) is 4.49. The van der Waals surface area contributed by atoms with E-state index in [2.05, 4.69) is 28.1 Å². The molecule has 0 atom stereocenters. The quantitative estimate of drug-likeness (QED) is 0.592. The lowest BCUT2D eigenvalue weighted by atomic mass is 9.94. The Balaban J connectivity index is 1.60. The molecule has 1 saturated carbocycles. The molecule has 7 heteroatoms. The number of nitrogens with zero attached hydrogens (tertiary/aromatic N) is 1. The minimum atomic E-state index is -3.31. The Morgan fingerprint density at radius 3 is 2.42 bits per heavy atom. The standard InChI is InChI=1S/C24H31N3O3S/c1-27(22-9-4-3-5-10-22)18-20-8-6-7-11-23(20)25-24(28)17-14-19-12-15-21(16-13-19)26-31(2,29)30/h6-8,11-17,22,26H,3-5,9-10,18H2,1-2H3,(H,25,28)/b17-14+. The lowest BCUT2D eigenvalue weighted by molar-refractivity contribution is -0.111. The van der Waals surface area contributed by atoms with Gasteiger partial charge in [0.05, 0.1) is 6.26 Å². The van der Waals surface area contributed by atoms with Gasteiger partial charge in [-0.05, 0) is 55.3 Å². The van der Waals surface area contributed by atoms with Crippen molar-refractivity contribution >= 4 is 33.4 Å². The molecule has 0 heterocycles. The van der Waals surface area contributed by atoms with Crippen LogP contribution in [0.25, 0.3) is 6.08 Å². The topological polar surface area (TPSA) is 78.5 Å². The average molecular weight is 442 g/mol. The van der Waals surface area contributed by atoms with E-state index in [4.69, 9.17) is 0 Å². The highest BCUT2D eigenvalue weighted by Crippen LogP contribution is 2.25. The normalized spacial score (nSPS) is 15.3. The lowest BCUT2D eigenvalue weighted by Crippen LogP contribution is -2.33. The van der Waals surface area contributed by atoms with E-state index in [-0.39, 0.29) is 5.91 Å². The number of hydrogen-bond acceptors (Lipinski definition) is 4. The Morgan fingerprint density at radius 1 is 1.06 bits per heavy atom. The average Bonchev–Trinajstić information content (AvgIpc) is 2.74. The second-order valence-corrected chi connectivity index (χ2v) is 9.93. The van der Waals surface area contributed by atoms with Crippen molar-refractivity contribution in [2.45, 2.75) is 44.7 Å². The molecular formula is C24H31N3O3S. The fraction of sp³-hybridized carbons (Fsp3) is 0.375. The molecular weight excluding hydrogens is 410 g/mol. The van der Waals surface area contributed by atoms with Crippen molar-refractivity contribution < 1.29 is 13.2 Å². The molecule has 1 aliphatic carbocycles. The number of anilines is 2. The molecule has 1 amide bonds. The lowest BCUT2D eigenvalue weighted by Gasteiger charge is -2.31. The highest BCUT2D eigenvalue weighted by Gasteiger charge is 2.19. The molecule has 0 aromatic heterocycles. The van der Waals surface area contributed by atoms with Gasteiger partial charge in [-0.2, -0.15) is 0 Å². The van der Waals surface area contributed by atoms with Crippen LogP contribution in [0.2, 0.25) is 0 Å². The molecule has 2 aromatic carbocycles. The van der Waals surface area contributed by atoms with Gasteiger partial charge in [0, 0.05) is 30.0 Å². The van der Waals surface area contributed by atoms with E-state index in [9.17, 15) is 13.2 Å². The highest BCUT2D eigenvalue weighted by molar-refractivity contribution is 7.92. The van der Waals surface area contributed by atoms with Gasteiger partial charge in [0.25, 0.3) is 0 Å². The Hall–Kier alpha value is -2.64. The van der Waals surface area contributed by atoms with Crippen LogP contribution in [0.15, 0.2) is 54.6 Å². The number of nitrogens with one attached hydrogen (secondary N) is 2. The number of sulfonamides is 1. The maximum atomic E-state index is 12.5. The van der Waals surface area contributed by atoms with Crippen LogP contribution in [-0.2, 0) is 21.4 Å². The first kappa shape index (κ1) is 23.0. The van der Waals surface area contributed by atoms with Gasteiger partial charge in [0.1, 0.15) is 0 Å².